The summed E-state index contributed by atoms with van der Waals surface area (Å²) in [5.74, 6) is 0.0614. The molecule has 0 radical (unpaired) electrons. The number of benzene rings is 1. The molecule has 0 bridgehead atoms. The number of hydrogen-bond donors (Lipinski definition) is 2. The summed E-state index contributed by atoms with van der Waals surface area (Å²) in [4.78, 5) is 20.3. The zero-order chi connectivity index (χ0) is 13.5. The Balaban J connectivity index is 2.13. The summed E-state index contributed by atoms with van der Waals surface area (Å²) in [5.41, 5.74) is 6.93. The molecule has 0 aliphatic carbocycles. The second-order valence-corrected chi connectivity index (χ2v) is 4.91. The van der Waals surface area contributed by atoms with E-state index in [0.29, 0.717) is 6.42 Å². The summed E-state index contributed by atoms with van der Waals surface area (Å²) in [6.45, 7) is 1.91. The highest BCUT2D eigenvalue weighted by Gasteiger charge is 2.33. The molecule has 1 amide bonds. The van der Waals surface area contributed by atoms with Crippen LogP contribution < -0.4 is 11.1 Å². The average molecular weight is 254 g/mol. The van der Waals surface area contributed by atoms with Crippen LogP contribution in [0.15, 0.2) is 41.5 Å². The summed E-state index contributed by atoms with van der Waals surface area (Å²) in [6, 6.07) is 9.78. The fraction of sp³-hybridized carbons (Fsp3) is 0.214. The third-order valence-electron chi connectivity index (χ3n) is 3.36. The highest BCUT2D eigenvalue weighted by atomic mass is 16.1. The Morgan fingerprint density at radius 1 is 1.37 bits per heavy atom. The summed E-state index contributed by atoms with van der Waals surface area (Å²) in [5, 5.41) is 3.55. The Kier molecular flexibility index (Phi) is 2.48. The summed E-state index contributed by atoms with van der Waals surface area (Å²) >= 11 is 0. The Labute approximate surface area is 110 Å². The van der Waals surface area contributed by atoms with Crippen molar-refractivity contribution in [1.82, 2.24) is 10.3 Å². The van der Waals surface area contributed by atoms with Crippen LogP contribution in [0.25, 0.3) is 10.9 Å². The highest BCUT2D eigenvalue weighted by Crippen LogP contribution is 2.32. The Morgan fingerprint density at radius 2 is 2.21 bits per heavy atom. The van der Waals surface area contributed by atoms with Crippen LogP contribution in [0.3, 0.4) is 0 Å². The van der Waals surface area contributed by atoms with Crippen molar-refractivity contribution in [2.24, 2.45) is 10.7 Å². The summed E-state index contributed by atoms with van der Waals surface area (Å²) < 4.78 is 0. The number of carbonyl (C=O) groups is 1. The molecule has 1 unspecified atom stereocenters. The van der Waals surface area contributed by atoms with Crippen LogP contribution in [0.1, 0.15) is 18.9 Å². The SMILES string of the molecule is CC1(c2ccc3ncccc3c2)CC(=O)NC(N)=N1. The van der Waals surface area contributed by atoms with Gasteiger partial charge in [0, 0.05) is 11.6 Å². The molecule has 5 nitrogen and oxygen atoms in total. The molecule has 2 heterocycles. The molecular weight excluding hydrogens is 240 g/mol. The van der Waals surface area contributed by atoms with Gasteiger partial charge in [0.1, 0.15) is 0 Å². The van der Waals surface area contributed by atoms with Gasteiger partial charge < -0.3 is 5.73 Å². The van der Waals surface area contributed by atoms with Crippen molar-refractivity contribution in [3.63, 3.8) is 0 Å². The second-order valence-electron chi connectivity index (χ2n) is 4.91. The highest BCUT2D eigenvalue weighted by molar-refractivity contribution is 5.99. The molecule has 3 N–H and O–H groups in total. The predicted molar refractivity (Wildman–Crippen MR) is 73.5 cm³/mol. The van der Waals surface area contributed by atoms with Gasteiger partial charge >= 0.3 is 0 Å². The number of hydrogen-bond acceptors (Lipinski definition) is 4. The van der Waals surface area contributed by atoms with Crippen molar-refractivity contribution in [1.29, 1.82) is 0 Å². The molecule has 96 valence electrons. The minimum Gasteiger partial charge on any atom is -0.370 e. The van der Waals surface area contributed by atoms with E-state index in [2.05, 4.69) is 15.3 Å². The van der Waals surface area contributed by atoms with Crippen molar-refractivity contribution < 1.29 is 4.79 Å². The minimum atomic E-state index is -0.615. The summed E-state index contributed by atoms with van der Waals surface area (Å²) in [7, 11) is 0. The van der Waals surface area contributed by atoms with Gasteiger partial charge in [0.2, 0.25) is 5.91 Å². The number of amides is 1. The lowest BCUT2D eigenvalue weighted by Crippen LogP contribution is -2.46. The molecule has 1 aliphatic heterocycles. The van der Waals surface area contributed by atoms with Gasteiger partial charge in [-0.1, -0.05) is 12.1 Å². The van der Waals surface area contributed by atoms with Crippen LogP contribution in [-0.4, -0.2) is 16.9 Å². The molecule has 19 heavy (non-hydrogen) atoms. The number of guanidine groups is 1. The smallest absolute Gasteiger partial charge is 0.229 e. The number of aromatic nitrogens is 1. The quantitative estimate of drug-likeness (QED) is 0.804. The van der Waals surface area contributed by atoms with Crippen LogP contribution in [0.2, 0.25) is 0 Å². The maximum atomic E-state index is 11.6. The van der Waals surface area contributed by atoms with E-state index in [1.54, 1.807) is 6.20 Å². The number of aliphatic imine (C=N–C) groups is 1. The average Bonchev–Trinajstić information content (AvgIpc) is 2.36. The van der Waals surface area contributed by atoms with Gasteiger partial charge in [-0.3, -0.25) is 15.1 Å². The van der Waals surface area contributed by atoms with Crippen LogP contribution in [0.5, 0.6) is 0 Å². The predicted octanol–water partition coefficient (Wildman–Crippen LogP) is 1.28. The van der Waals surface area contributed by atoms with E-state index in [9.17, 15) is 4.79 Å². The lowest BCUT2D eigenvalue weighted by molar-refractivity contribution is -0.121. The van der Waals surface area contributed by atoms with E-state index in [0.717, 1.165) is 16.5 Å². The number of nitrogens with one attached hydrogen (secondary N) is 1. The summed E-state index contributed by atoms with van der Waals surface area (Å²) in [6.07, 6.45) is 2.05. The van der Waals surface area contributed by atoms with E-state index in [4.69, 9.17) is 5.73 Å². The lowest BCUT2D eigenvalue weighted by atomic mass is 9.87. The van der Waals surface area contributed by atoms with Gasteiger partial charge in [-0.05, 0) is 30.7 Å². The molecule has 1 aromatic heterocycles. The van der Waals surface area contributed by atoms with E-state index >= 15 is 0 Å². The van der Waals surface area contributed by atoms with Crippen molar-refractivity contribution >= 4 is 22.8 Å². The minimum absolute atomic E-state index is 0.110. The Hall–Kier alpha value is -2.43. The van der Waals surface area contributed by atoms with Crippen LogP contribution >= 0.6 is 0 Å². The second kappa shape index (κ2) is 4.05. The Morgan fingerprint density at radius 3 is 3.00 bits per heavy atom. The molecule has 0 saturated heterocycles. The van der Waals surface area contributed by atoms with Gasteiger partial charge in [-0.2, -0.15) is 0 Å². The van der Waals surface area contributed by atoms with Gasteiger partial charge in [-0.25, -0.2) is 4.99 Å². The topological polar surface area (TPSA) is 80.4 Å². The first-order valence-corrected chi connectivity index (χ1v) is 6.07. The maximum Gasteiger partial charge on any atom is 0.229 e. The van der Waals surface area contributed by atoms with Crippen molar-refractivity contribution in [3.8, 4) is 0 Å². The molecule has 3 rings (SSSR count). The van der Waals surface area contributed by atoms with Gasteiger partial charge in [-0.15, -0.1) is 0 Å². The fourth-order valence-corrected chi connectivity index (χ4v) is 2.41. The fourth-order valence-electron chi connectivity index (χ4n) is 2.41. The van der Waals surface area contributed by atoms with Crippen LogP contribution in [0.4, 0.5) is 0 Å². The molecule has 1 atom stereocenters. The largest absolute Gasteiger partial charge is 0.370 e. The van der Waals surface area contributed by atoms with Gasteiger partial charge in [0.25, 0.3) is 0 Å². The molecule has 0 fully saturated rings. The first kappa shape index (κ1) is 11.6. The number of carbonyl (C=O) groups excluding carboxylic acids is 1. The third-order valence-corrected chi connectivity index (χ3v) is 3.36. The zero-order valence-corrected chi connectivity index (χ0v) is 10.6. The number of nitrogens with zero attached hydrogens (tertiary/aromatic N) is 2. The molecule has 1 aliphatic rings. The van der Waals surface area contributed by atoms with E-state index in [-0.39, 0.29) is 11.9 Å². The normalized spacial score (nSPS) is 23.0. The number of fused-ring (bicyclic) bond motifs is 1. The molecule has 0 saturated carbocycles. The standard InChI is InChI=1S/C14H14N4O/c1-14(8-12(19)17-13(15)18-14)10-4-5-11-9(7-10)3-2-6-16-11/h2-7H,8H2,1H3,(H3,15,17,18,19). The lowest BCUT2D eigenvalue weighted by Gasteiger charge is -2.29. The van der Waals surface area contributed by atoms with E-state index in [1.165, 1.54) is 0 Å². The molecule has 1 aromatic carbocycles. The van der Waals surface area contributed by atoms with Crippen molar-refractivity contribution in [2.75, 3.05) is 0 Å². The molecule has 2 aromatic rings. The Bertz CT molecular complexity index is 695. The molecule has 5 heteroatoms. The number of rotatable bonds is 1. The third kappa shape index (κ3) is 2.03. The van der Waals surface area contributed by atoms with E-state index < -0.39 is 5.54 Å². The first-order valence-electron chi connectivity index (χ1n) is 6.07. The van der Waals surface area contributed by atoms with Gasteiger partial charge in [0.15, 0.2) is 5.96 Å². The van der Waals surface area contributed by atoms with Crippen LogP contribution in [0, 0.1) is 0 Å². The van der Waals surface area contributed by atoms with Crippen molar-refractivity contribution in [2.45, 2.75) is 18.9 Å². The molecular formula is C14H14N4O. The molecule has 0 spiro atoms. The van der Waals surface area contributed by atoms with Crippen LogP contribution in [-0.2, 0) is 10.3 Å². The maximum absolute atomic E-state index is 11.6. The number of nitrogens with two attached hydrogens (primary N) is 1. The van der Waals surface area contributed by atoms with Crippen molar-refractivity contribution in [3.05, 3.63) is 42.1 Å². The number of pyridine rings is 1. The monoisotopic (exact) mass is 254 g/mol. The first-order chi connectivity index (χ1) is 9.07. The van der Waals surface area contributed by atoms with E-state index in [1.807, 2.05) is 37.3 Å². The zero-order valence-electron chi connectivity index (χ0n) is 10.6. The van der Waals surface area contributed by atoms with Gasteiger partial charge in [0.05, 0.1) is 17.5 Å².